The monoisotopic (exact) mass is 469 g/mol. The molecule has 0 aliphatic carbocycles. The average Bonchev–Trinajstić information content (AvgIpc) is 3.30. The van der Waals surface area contributed by atoms with Crippen LogP contribution in [-0.4, -0.2) is 29.1 Å². The molecule has 0 saturated heterocycles. The maximum absolute atomic E-state index is 12.9. The molecule has 7 nitrogen and oxygen atoms in total. The summed E-state index contributed by atoms with van der Waals surface area (Å²) in [5.41, 5.74) is 3.18. The van der Waals surface area contributed by atoms with E-state index < -0.39 is 16.1 Å². The maximum atomic E-state index is 12.9. The molecule has 170 valence electrons. The molecule has 0 bridgehead atoms. The van der Waals surface area contributed by atoms with Crippen LogP contribution >= 0.6 is 0 Å². The van der Waals surface area contributed by atoms with Gasteiger partial charge in [-0.1, -0.05) is 84.9 Å². The lowest BCUT2D eigenvalue weighted by atomic mass is 9.94. The van der Waals surface area contributed by atoms with Crippen molar-refractivity contribution in [1.29, 1.82) is 0 Å². The van der Waals surface area contributed by atoms with Crippen LogP contribution in [-0.2, 0) is 10.0 Å². The lowest BCUT2D eigenvalue weighted by Crippen LogP contribution is -2.27. The number of nitrogens with zero attached hydrogens (tertiary/aromatic N) is 4. The average molecular weight is 470 g/mol. The predicted octanol–water partition coefficient (Wildman–Crippen LogP) is 4.92. The van der Waals surface area contributed by atoms with E-state index in [2.05, 4.69) is 38.4 Å². The van der Waals surface area contributed by atoms with E-state index in [0.29, 0.717) is 12.1 Å². The number of para-hydroxylation sites is 1. The van der Waals surface area contributed by atoms with E-state index in [4.69, 9.17) is 0 Å². The molecular weight excluding hydrogens is 446 g/mol. The summed E-state index contributed by atoms with van der Waals surface area (Å²) in [6.07, 6.45) is 0.499. The summed E-state index contributed by atoms with van der Waals surface area (Å²) in [7, 11) is -3.82. The fourth-order valence-electron chi connectivity index (χ4n) is 4.12. The zero-order chi connectivity index (χ0) is 23.5. The molecule has 0 saturated carbocycles. The quantitative estimate of drug-likeness (QED) is 0.271. The number of fused-ring (bicyclic) bond motifs is 2. The Labute approximate surface area is 197 Å². The van der Waals surface area contributed by atoms with Gasteiger partial charge in [-0.05, 0) is 47.0 Å². The molecule has 5 aromatic rings. The molecule has 1 N–H and O–H groups in total. The smallest absolute Gasteiger partial charge is 0.231 e. The summed E-state index contributed by atoms with van der Waals surface area (Å²) >= 11 is 0. The van der Waals surface area contributed by atoms with Gasteiger partial charge in [-0.25, -0.2) is 9.51 Å². The maximum Gasteiger partial charge on any atom is 0.276 e. The molecule has 0 radical (unpaired) electrons. The van der Waals surface area contributed by atoms with E-state index in [0.717, 1.165) is 27.4 Å². The van der Waals surface area contributed by atoms with Gasteiger partial charge in [0.15, 0.2) is 0 Å². The van der Waals surface area contributed by atoms with E-state index in [1.807, 2.05) is 60.1 Å². The Kier molecular flexibility index (Phi) is 5.81. The number of aromatic nitrogens is 3. The van der Waals surface area contributed by atoms with Gasteiger partial charge in [0.2, 0.25) is 0 Å². The minimum atomic E-state index is -3.82. The van der Waals surface area contributed by atoms with Crippen LogP contribution in [0, 0.1) is 0 Å². The van der Waals surface area contributed by atoms with Crippen molar-refractivity contribution in [1.82, 2.24) is 19.8 Å². The van der Waals surface area contributed by atoms with Gasteiger partial charge in [0.05, 0.1) is 16.1 Å². The number of hydrogen-bond donors (Lipinski definition) is 1. The highest BCUT2D eigenvalue weighted by Crippen LogP contribution is 2.31. The van der Waals surface area contributed by atoms with Crippen molar-refractivity contribution in [2.24, 2.45) is 5.10 Å². The molecule has 4 aromatic carbocycles. The zero-order valence-electron chi connectivity index (χ0n) is 18.5. The highest BCUT2D eigenvalue weighted by molar-refractivity contribution is 7.89. The van der Waals surface area contributed by atoms with Crippen LogP contribution in [0.25, 0.3) is 21.8 Å². The van der Waals surface area contributed by atoms with Crippen LogP contribution in [0.2, 0.25) is 0 Å². The molecule has 0 aliphatic rings. The second-order valence-electron chi connectivity index (χ2n) is 7.86. The SMILES string of the molecule is CCC(=NNS(=O)(=O)c1ccccc1)C(c1cccc2ccccc12)n1nnc2ccccc21. The highest BCUT2D eigenvalue weighted by Gasteiger charge is 2.25. The van der Waals surface area contributed by atoms with Gasteiger partial charge in [-0.15, -0.1) is 5.10 Å². The second-order valence-corrected chi connectivity index (χ2v) is 9.52. The van der Waals surface area contributed by atoms with Crippen LogP contribution in [0.1, 0.15) is 24.9 Å². The first-order valence-electron chi connectivity index (χ1n) is 11.0. The second kappa shape index (κ2) is 9.07. The molecule has 1 aromatic heterocycles. The van der Waals surface area contributed by atoms with E-state index in [9.17, 15) is 8.42 Å². The molecule has 34 heavy (non-hydrogen) atoms. The Balaban J connectivity index is 1.68. The summed E-state index contributed by atoms with van der Waals surface area (Å²) in [6.45, 7) is 1.95. The van der Waals surface area contributed by atoms with Crippen LogP contribution < -0.4 is 4.83 Å². The minimum absolute atomic E-state index is 0.155. The van der Waals surface area contributed by atoms with Gasteiger partial charge >= 0.3 is 0 Å². The first-order valence-corrected chi connectivity index (χ1v) is 12.5. The third-order valence-electron chi connectivity index (χ3n) is 5.78. The van der Waals surface area contributed by atoms with Crippen molar-refractivity contribution in [2.45, 2.75) is 24.3 Å². The fourth-order valence-corrected chi connectivity index (χ4v) is 4.98. The summed E-state index contributed by atoms with van der Waals surface area (Å²) < 4.78 is 27.6. The van der Waals surface area contributed by atoms with E-state index in [-0.39, 0.29) is 4.90 Å². The van der Waals surface area contributed by atoms with Crippen molar-refractivity contribution in [3.05, 3.63) is 103 Å². The summed E-state index contributed by atoms with van der Waals surface area (Å²) in [4.78, 5) is 2.59. The van der Waals surface area contributed by atoms with E-state index >= 15 is 0 Å². The first kappa shape index (κ1) is 21.8. The summed E-state index contributed by atoms with van der Waals surface area (Å²) in [5, 5.41) is 15.3. The molecule has 1 heterocycles. The van der Waals surface area contributed by atoms with Crippen LogP contribution in [0.5, 0.6) is 0 Å². The Bertz CT molecular complexity index is 1590. The van der Waals surface area contributed by atoms with Gasteiger partial charge < -0.3 is 0 Å². The molecule has 1 atom stereocenters. The molecule has 0 amide bonds. The number of sulfonamides is 1. The van der Waals surface area contributed by atoms with Crippen molar-refractivity contribution >= 4 is 37.5 Å². The topological polar surface area (TPSA) is 89.2 Å². The van der Waals surface area contributed by atoms with Gasteiger partial charge in [0, 0.05) is 0 Å². The van der Waals surface area contributed by atoms with Gasteiger partial charge in [0.25, 0.3) is 10.0 Å². The van der Waals surface area contributed by atoms with Crippen molar-refractivity contribution in [2.75, 3.05) is 0 Å². The molecule has 5 rings (SSSR count). The van der Waals surface area contributed by atoms with Gasteiger partial charge in [0.1, 0.15) is 11.6 Å². The third kappa shape index (κ3) is 4.04. The number of hydrazone groups is 1. The van der Waals surface area contributed by atoms with Crippen LogP contribution in [0.15, 0.2) is 107 Å². The van der Waals surface area contributed by atoms with Crippen LogP contribution in [0.4, 0.5) is 0 Å². The number of benzene rings is 4. The largest absolute Gasteiger partial charge is 0.276 e. The van der Waals surface area contributed by atoms with Gasteiger partial charge in [-0.3, -0.25) is 0 Å². The van der Waals surface area contributed by atoms with E-state index in [1.165, 1.54) is 12.1 Å². The Morgan fingerprint density at radius 3 is 2.44 bits per heavy atom. The number of hydrogen-bond acceptors (Lipinski definition) is 5. The third-order valence-corrected chi connectivity index (χ3v) is 7.01. The van der Waals surface area contributed by atoms with Gasteiger partial charge in [-0.2, -0.15) is 13.5 Å². The predicted molar refractivity (Wildman–Crippen MR) is 134 cm³/mol. The standard InChI is InChI=1S/C26H23N5O2S/c1-2-23(28-30-34(32,33)20-13-4-3-5-14-20)26(31-25-18-9-8-17-24(25)27-29-31)22-16-10-12-19-11-6-7-15-21(19)22/h3-18,26,30H,2H2,1H3. The molecule has 0 fully saturated rings. The molecule has 1 unspecified atom stereocenters. The van der Waals surface area contributed by atoms with Crippen LogP contribution in [0.3, 0.4) is 0 Å². The van der Waals surface area contributed by atoms with Crippen molar-refractivity contribution in [3.8, 4) is 0 Å². The molecular formula is C26H23N5O2S. The number of rotatable bonds is 7. The highest BCUT2D eigenvalue weighted by atomic mass is 32.2. The lowest BCUT2D eigenvalue weighted by molar-refractivity contribution is 0.582. The molecule has 0 aliphatic heterocycles. The zero-order valence-corrected chi connectivity index (χ0v) is 19.4. The first-order chi connectivity index (χ1) is 16.6. The summed E-state index contributed by atoms with van der Waals surface area (Å²) in [6, 6.07) is 29.6. The Morgan fingerprint density at radius 1 is 0.912 bits per heavy atom. The Hall–Kier alpha value is -4.04. The molecule has 8 heteroatoms. The van der Waals surface area contributed by atoms with Crippen molar-refractivity contribution in [3.63, 3.8) is 0 Å². The number of nitrogens with one attached hydrogen (secondary N) is 1. The molecule has 0 spiro atoms. The summed E-state index contributed by atoms with van der Waals surface area (Å²) in [5.74, 6) is 0. The Morgan fingerprint density at radius 2 is 1.62 bits per heavy atom. The fraction of sp³-hybridized carbons (Fsp3) is 0.115. The van der Waals surface area contributed by atoms with E-state index in [1.54, 1.807) is 18.2 Å². The normalized spacial score (nSPS) is 13.3. The minimum Gasteiger partial charge on any atom is -0.231 e. The van der Waals surface area contributed by atoms with Crippen molar-refractivity contribution < 1.29 is 8.42 Å². The lowest BCUT2D eigenvalue weighted by Gasteiger charge is -2.22.